The van der Waals surface area contributed by atoms with Crippen LogP contribution in [0.4, 0.5) is 4.39 Å². The van der Waals surface area contributed by atoms with Crippen molar-refractivity contribution in [3.63, 3.8) is 0 Å². The van der Waals surface area contributed by atoms with Gasteiger partial charge in [0.05, 0.1) is 10.5 Å². The summed E-state index contributed by atoms with van der Waals surface area (Å²) in [6, 6.07) is 2.76. The number of nitrogens with one attached hydrogen (secondary N) is 1. The van der Waals surface area contributed by atoms with Gasteiger partial charge in [-0.05, 0) is 43.9 Å². The summed E-state index contributed by atoms with van der Waals surface area (Å²) >= 11 is 0. The number of halogens is 2. The first kappa shape index (κ1) is 17.9. The van der Waals surface area contributed by atoms with Crippen molar-refractivity contribution in [2.75, 3.05) is 0 Å². The van der Waals surface area contributed by atoms with E-state index in [0.717, 1.165) is 31.0 Å². The van der Waals surface area contributed by atoms with Gasteiger partial charge in [0, 0.05) is 16.7 Å². The van der Waals surface area contributed by atoms with Crippen molar-refractivity contribution in [2.24, 2.45) is 5.92 Å². The molecule has 1 N–H and O–H groups in total. The average molecular weight is 336 g/mol. The lowest BCUT2D eigenvalue weighted by atomic mass is 10.0. The topological polar surface area (TPSA) is 63.2 Å². The third kappa shape index (κ3) is 5.63. The van der Waals surface area contributed by atoms with Crippen LogP contribution in [0.1, 0.15) is 44.0 Å². The molecule has 0 aliphatic rings. The molecule has 7 heteroatoms. The third-order valence-electron chi connectivity index (χ3n) is 3.02. The maximum Gasteiger partial charge on any atom is 0.261 e. The van der Waals surface area contributed by atoms with Crippen LogP contribution in [-0.2, 0) is 9.05 Å². The van der Waals surface area contributed by atoms with E-state index in [1.165, 1.54) is 0 Å². The van der Waals surface area contributed by atoms with Crippen LogP contribution < -0.4 is 5.32 Å². The fourth-order valence-corrected chi connectivity index (χ4v) is 2.56. The number of carbonyl (C=O) groups excluding carboxylic acids is 1. The molecule has 0 saturated heterocycles. The van der Waals surface area contributed by atoms with Crippen molar-refractivity contribution < 1.29 is 17.6 Å². The quantitative estimate of drug-likeness (QED) is 0.811. The molecule has 1 amide bonds. The Balaban J connectivity index is 2.87. The van der Waals surface area contributed by atoms with Crippen molar-refractivity contribution in [3.05, 3.63) is 29.6 Å². The molecular formula is C14H19ClFNO3S. The van der Waals surface area contributed by atoms with Gasteiger partial charge in [0.15, 0.2) is 0 Å². The number of amides is 1. The Morgan fingerprint density at radius 3 is 2.43 bits per heavy atom. The predicted molar refractivity (Wildman–Crippen MR) is 80.4 cm³/mol. The molecule has 118 valence electrons. The number of carbonyl (C=O) groups is 1. The lowest BCUT2D eigenvalue weighted by Crippen LogP contribution is -2.33. The van der Waals surface area contributed by atoms with Crippen LogP contribution in [0.3, 0.4) is 0 Å². The lowest BCUT2D eigenvalue weighted by molar-refractivity contribution is 0.0933. The predicted octanol–water partition coefficient (Wildman–Crippen LogP) is 3.31. The van der Waals surface area contributed by atoms with Crippen molar-refractivity contribution in [2.45, 2.75) is 44.6 Å². The van der Waals surface area contributed by atoms with E-state index < -0.39 is 20.8 Å². The van der Waals surface area contributed by atoms with Gasteiger partial charge in [0.25, 0.3) is 15.0 Å². The van der Waals surface area contributed by atoms with Gasteiger partial charge in [-0.15, -0.1) is 0 Å². The van der Waals surface area contributed by atoms with E-state index in [9.17, 15) is 17.6 Å². The van der Waals surface area contributed by atoms with E-state index in [2.05, 4.69) is 19.2 Å². The van der Waals surface area contributed by atoms with E-state index in [0.29, 0.717) is 5.92 Å². The Morgan fingerprint density at radius 2 is 1.90 bits per heavy atom. The Kier molecular flexibility index (Phi) is 6.16. The van der Waals surface area contributed by atoms with E-state index in [-0.39, 0.29) is 16.5 Å². The zero-order valence-electron chi connectivity index (χ0n) is 12.2. The van der Waals surface area contributed by atoms with E-state index >= 15 is 0 Å². The highest BCUT2D eigenvalue weighted by Gasteiger charge is 2.19. The van der Waals surface area contributed by atoms with Crippen LogP contribution in [-0.4, -0.2) is 20.4 Å². The molecule has 1 unspecified atom stereocenters. The summed E-state index contributed by atoms with van der Waals surface area (Å²) in [5, 5.41) is 2.65. The first-order valence-electron chi connectivity index (χ1n) is 6.66. The highest BCUT2D eigenvalue weighted by Crippen LogP contribution is 2.19. The molecule has 1 atom stereocenters. The summed E-state index contributed by atoms with van der Waals surface area (Å²) in [6.45, 7) is 5.96. The zero-order valence-corrected chi connectivity index (χ0v) is 13.8. The molecule has 1 aromatic rings. The lowest BCUT2D eigenvalue weighted by Gasteiger charge is -2.15. The number of hydrogen-bond donors (Lipinski definition) is 1. The normalized spacial score (nSPS) is 13.2. The second kappa shape index (κ2) is 7.22. The largest absolute Gasteiger partial charge is 0.349 e. The van der Waals surface area contributed by atoms with Gasteiger partial charge in [0.2, 0.25) is 0 Å². The molecule has 0 fully saturated rings. The molecular weight excluding hydrogens is 317 g/mol. The van der Waals surface area contributed by atoms with Crippen LogP contribution in [0.15, 0.2) is 23.1 Å². The summed E-state index contributed by atoms with van der Waals surface area (Å²) in [7, 11) is 1.20. The van der Waals surface area contributed by atoms with Gasteiger partial charge in [-0.1, -0.05) is 13.8 Å². The van der Waals surface area contributed by atoms with Gasteiger partial charge in [-0.25, -0.2) is 12.8 Å². The standard InChI is InChI=1S/C14H19ClFNO3S/c1-9(2)4-5-10(3)17-14(18)12-8-11(21(15,19)20)6-7-13(12)16/h6-10H,4-5H2,1-3H3,(H,17,18). The highest BCUT2D eigenvalue weighted by molar-refractivity contribution is 8.13. The van der Waals surface area contributed by atoms with Gasteiger partial charge in [-0.3, -0.25) is 4.79 Å². The maximum absolute atomic E-state index is 13.7. The van der Waals surface area contributed by atoms with Crippen LogP contribution in [0.2, 0.25) is 0 Å². The first-order chi connectivity index (χ1) is 9.61. The summed E-state index contributed by atoms with van der Waals surface area (Å²) in [6.07, 6.45) is 1.69. The number of benzene rings is 1. The number of hydrogen-bond acceptors (Lipinski definition) is 3. The second-order valence-electron chi connectivity index (χ2n) is 5.43. The molecule has 0 heterocycles. The van der Waals surface area contributed by atoms with Crippen molar-refractivity contribution in [3.8, 4) is 0 Å². The summed E-state index contributed by atoms with van der Waals surface area (Å²) in [5.74, 6) is -0.927. The first-order valence-corrected chi connectivity index (χ1v) is 8.97. The maximum atomic E-state index is 13.7. The van der Waals surface area contributed by atoms with E-state index in [4.69, 9.17) is 10.7 Å². The van der Waals surface area contributed by atoms with E-state index in [1.807, 2.05) is 6.92 Å². The van der Waals surface area contributed by atoms with Crippen molar-refractivity contribution in [1.29, 1.82) is 0 Å². The van der Waals surface area contributed by atoms with Crippen LogP contribution in [0, 0.1) is 11.7 Å². The highest BCUT2D eigenvalue weighted by atomic mass is 35.7. The van der Waals surface area contributed by atoms with Gasteiger partial charge in [0.1, 0.15) is 5.82 Å². The number of rotatable bonds is 6. The van der Waals surface area contributed by atoms with E-state index in [1.54, 1.807) is 0 Å². The molecule has 0 aliphatic carbocycles. The minimum absolute atomic E-state index is 0.129. The summed E-state index contributed by atoms with van der Waals surface area (Å²) < 4.78 is 36.1. The van der Waals surface area contributed by atoms with Crippen LogP contribution in [0.5, 0.6) is 0 Å². The van der Waals surface area contributed by atoms with Crippen LogP contribution >= 0.6 is 10.7 Å². The Labute approximate surface area is 129 Å². The second-order valence-corrected chi connectivity index (χ2v) is 7.99. The molecule has 0 radical (unpaired) electrons. The van der Waals surface area contributed by atoms with Gasteiger partial charge in [-0.2, -0.15) is 0 Å². The smallest absolute Gasteiger partial charge is 0.261 e. The SMILES string of the molecule is CC(C)CCC(C)NC(=O)c1cc(S(=O)(=O)Cl)ccc1F. The Hall–Kier alpha value is -1.14. The molecule has 0 aromatic heterocycles. The average Bonchev–Trinajstić information content (AvgIpc) is 2.35. The molecule has 0 bridgehead atoms. The molecule has 4 nitrogen and oxygen atoms in total. The molecule has 21 heavy (non-hydrogen) atoms. The van der Waals surface area contributed by atoms with Gasteiger partial charge < -0.3 is 5.32 Å². The fourth-order valence-electron chi connectivity index (χ4n) is 1.79. The molecule has 0 spiro atoms. The van der Waals surface area contributed by atoms with Crippen LogP contribution in [0.25, 0.3) is 0 Å². The molecule has 1 rings (SSSR count). The summed E-state index contributed by atoms with van der Waals surface area (Å²) in [4.78, 5) is 11.7. The third-order valence-corrected chi connectivity index (χ3v) is 4.37. The van der Waals surface area contributed by atoms with Gasteiger partial charge >= 0.3 is 0 Å². The minimum atomic E-state index is -4.00. The fraction of sp³-hybridized carbons (Fsp3) is 0.500. The molecule has 0 saturated carbocycles. The van der Waals surface area contributed by atoms with Crippen molar-refractivity contribution >= 4 is 25.6 Å². The Bertz CT molecular complexity index is 617. The molecule has 1 aromatic carbocycles. The molecule has 0 aliphatic heterocycles. The van der Waals surface area contributed by atoms with Crippen molar-refractivity contribution in [1.82, 2.24) is 5.32 Å². The zero-order chi connectivity index (χ0) is 16.2. The minimum Gasteiger partial charge on any atom is -0.349 e. The summed E-state index contributed by atoms with van der Waals surface area (Å²) in [5.41, 5.74) is -0.326. The Morgan fingerprint density at radius 1 is 1.29 bits per heavy atom. The monoisotopic (exact) mass is 335 g/mol.